The number of nitrogens with one attached hydrogen (secondary N) is 1. The predicted octanol–water partition coefficient (Wildman–Crippen LogP) is -3.07. The van der Waals surface area contributed by atoms with Crippen molar-refractivity contribution in [1.29, 1.82) is 0 Å². The molecule has 0 radical (unpaired) electrons. The lowest BCUT2D eigenvalue weighted by molar-refractivity contribution is -0.0888. The number of rotatable bonds is 2. The lowest BCUT2D eigenvalue weighted by Crippen LogP contribution is -2.49. The lowest BCUT2D eigenvalue weighted by atomic mass is 9.93. The maximum absolute atomic E-state index is 11.7. The van der Waals surface area contributed by atoms with Crippen LogP contribution in [0, 0.1) is 12.3 Å². The summed E-state index contributed by atoms with van der Waals surface area (Å²) in [5.41, 5.74) is -4.03. The van der Waals surface area contributed by atoms with Crippen LogP contribution in [0.5, 0.6) is 0 Å². The summed E-state index contributed by atoms with van der Waals surface area (Å²) in [5.74, 6) is 1.96. The third-order valence-corrected chi connectivity index (χ3v) is 3.13. The quantitative estimate of drug-likeness (QED) is 0.423. The molecule has 2 heterocycles. The molecule has 2 rings (SSSR count). The molecule has 9 heteroatoms. The van der Waals surface area contributed by atoms with Crippen LogP contribution in [-0.4, -0.2) is 53.8 Å². The standard InChI is InChI=1S/C11H13N3O6/c1-3-11(19)7(16)6(5(2)15)20-8(11)14-4-12-9(17)13-10(14)18/h1,4-8,15-16,19H,2H3,(H,13,17,18)/t5-,6+,7-,8+,11?/m0/s1. The zero-order chi connectivity index (χ0) is 15.1. The highest BCUT2D eigenvalue weighted by atomic mass is 16.6. The Morgan fingerprint density at radius 1 is 1.65 bits per heavy atom. The van der Waals surface area contributed by atoms with Crippen molar-refractivity contribution in [2.45, 2.75) is 37.1 Å². The lowest BCUT2D eigenvalue weighted by Gasteiger charge is -2.26. The smallest absolute Gasteiger partial charge is 0.350 e. The van der Waals surface area contributed by atoms with Gasteiger partial charge < -0.3 is 20.1 Å². The number of hydrogen-bond donors (Lipinski definition) is 4. The summed E-state index contributed by atoms with van der Waals surface area (Å²) in [7, 11) is 0. The van der Waals surface area contributed by atoms with Crippen LogP contribution in [0.1, 0.15) is 13.2 Å². The molecule has 1 saturated heterocycles. The Morgan fingerprint density at radius 2 is 2.30 bits per heavy atom. The van der Waals surface area contributed by atoms with E-state index in [-0.39, 0.29) is 0 Å². The normalized spacial score (nSPS) is 34.6. The largest absolute Gasteiger partial charge is 0.391 e. The van der Waals surface area contributed by atoms with Crippen LogP contribution < -0.4 is 11.4 Å². The molecule has 1 aromatic heterocycles. The van der Waals surface area contributed by atoms with Gasteiger partial charge in [0.05, 0.1) is 6.10 Å². The van der Waals surface area contributed by atoms with E-state index in [4.69, 9.17) is 11.2 Å². The van der Waals surface area contributed by atoms with Gasteiger partial charge in [0.25, 0.3) is 0 Å². The minimum Gasteiger partial charge on any atom is -0.391 e. The molecule has 9 nitrogen and oxygen atoms in total. The van der Waals surface area contributed by atoms with E-state index >= 15 is 0 Å². The van der Waals surface area contributed by atoms with E-state index in [2.05, 4.69) is 4.98 Å². The second-order valence-electron chi connectivity index (χ2n) is 4.50. The Bertz CT molecular complexity index is 659. The third kappa shape index (κ3) is 2.04. The van der Waals surface area contributed by atoms with Gasteiger partial charge in [0.2, 0.25) is 0 Å². The van der Waals surface area contributed by atoms with Crippen molar-refractivity contribution in [2.75, 3.05) is 0 Å². The number of aliphatic hydroxyl groups is 3. The highest BCUT2D eigenvalue weighted by Crippen LogP contribution is 2.38. The fourth-order valence-electron chi connectivity index (χ4n) is 2.06. The molecule has 0 spiro atoms. The van der Waals surface area contributed by atoms with Crippen LogP contribution in [-0.2, 0) is 4.74 Å². The van der Waals surface area contributed by atoms with Crippen molar-refractivity contribution in [3.63, 3.8) is 0 Å². The summed E-state index contributed by atoms with van der Waals surface area (Å²) in [5, 5.41) is 29.8. The van der Waals surface area contributed by atoms with E-state index in [1.807, 2.05) is 10.9 Å². The third-order valence-electron chi connectivity index (χ3n) is 3.13. The molecule has 0 aromatic carbocycles. The topological polar surface area (TPSA) is 138 Å². The molecule has 0 amide bonds. The minimum absolute atomic E-state index is 0.743. The van der Waals surface area contributed by atoms with E-state index in [1.165, 1.54) is 6.92 Å². The van der Waals surface area contributed by atoms with Crippen LogP contribution >= 0.6 is 0 Å². The first kappa shape index (κ1) is 14.4. The predicted molar refractivity (Wildman–Crippen MR) is 64.5 cm³/mol. The molecule has 0 saturated carbocycles. The number of ether oxygens (including phenoxy) is 1. The van der Waals surface area contributed by atoms with Crippen molar-refractivity contribution < 1.29 is 20.1 Å². The zero-order valence-electron chi connectivity index (χ0n) is 10.4. The zero-order valence-corrected chi connectivity index (χ0v) is 10.4. The average Bonchev–Trinajstić information content (AvgIpc) is 2.64. The summed E-state index contributed by atoms with van der Waals surface area (Å²) in [6.07, 6.45) is 0.604. The van der Waals surface area contributed by atoms with E-state index in [9.17, 15) is 24.9 Å². The molecular weight excluding hydrogens is 270 g/mol. The van der Waals surface area contributed by atoms with Gasteiger partial charge in [-0.1, -0.05) is 5.92 Å². The van der Waals surface area contributed by atoms with Gasteiger partial charge in [0, 0.05) is 0 Å². The maximum Gasteiger partial charge on any atom is 0.350 e. The van der Waals surface area contributed by atoms with Gasteiger partial charge in [0.15, 0.2) is 11.8 Å². The average molecular weight is 283 g/mol. The first-order chi connectivity index (χ1) is 9.31. The number of nitrogens with zero attached hydrogens (tertiary/aromatic N) is 2. The van der Waals surface area contributed by atoms with Crippen LogP contribution in [0.3, 0.4) is 0 Å². The molecule has 1 aromatic rings. The van der Waals surface area contributed by atoms with E-state index in [0.29, 0.717) is 0 Å². The Kier molecular flexibility index (Phi) is 3.49. The summed E-state index contributed by atoms with van der Waals surface area (Å²) < 4.78 is 6.00. The van der Waals surface area contributed by atoms with E-state index in [1.54, 1.807) is 0 Å². The molecular formula is C11H13N3O6. The number of aliphatic hydroxyl groups excluding tert-OH is 2. The van der Waals surface area contributed by atoms with Gasteiger partial charge in [-0.3, -0.25) is 9.55 Å². The van der Waals surface area contributed by atoms with Crippen LogP contribution in [0.15, 0.2) is 15.9 Å². The maximum atomic E-state index is 11.7. The molecule has 1 unspecified atom stereocenters. The molecule has 1 aliphatic rings. The fourth-order valence-corrected chi connectivity index (χ4v) is 2.06. The van der Waals surface area contributed by atoms with Gasteiger partial charge in [-0.05, 0) is 6.92 Å². The summed E-state index contributed by atoms with van der Waals surface area (Å²) in [6.45, 7) is 1.33. The van der Waals surface area contributed by atoms with Crippen LogP contribution in [0.2, 0.25) is 0 Å². The number of aromatic amines is 1. The van der Waals surface area contributed by atoms with Gasteiger partial charge in [-0.2, -0.15) is 4.98 Å². The highest BCUT2D eigenvalue weighted by molar-refractivity contribution is 5.19. The van der Waals surface area contributed by atoms with Gasteiger partial charge in [-0.25, -0.2) is 9.59 Å². The van der Waals surface area contributed by atoms with Crippen molar-refractivity contribution >= 4 is 0 Å². The molecule has 1 fully saturated rings. The monoisotopic (exact) mass is 283 g/mol. The van der Waals surface area contributed by atoms with E-state index in [0.717, 1.165) is 10.9 Å². The van der Waals surface area contributed by atoms with Crippen molar-refractivity contribution in [3.05, 3.63) is 27.3 Å². The Balaban J connectivity index is 2.53. The van der Waals surface area contributed by atoms with Crippen molar-refractivity contribution in [1.82, 2.24) is 14.5 Å². The van der Waals surface area contributed by atoms with E-state index < -0.39 is 41.5 Å². The number of aromatic nitrogens is 3. The number of terminal acetylenes is 1. The first-order valence-electron chi connectivity index (χ1n) is 5.70. The fraction of sp³-hybridized carbons (Fsp3) is 0.545. The Labute approximate surface area is 112 Å². The number of hydrogen-bond acceptors (Lipinski definition) is 7. The summed E-state index contributed by atoms with van der Waals surface area (Å²) >= 11 is 0. The van der Waals surface area contributed by atoms with Crippen molar-refractivity contribution in [2.24, 2.45) is 0 Å². The molecule has 108 valence electrons. The molecule has 5 atom stereocenters. The molecule has 0 bridgehead atoms. The Morgan fingerprint density at radius 3 is 2.80 bits per heavy atom. The molecule has 0 aliphatic carbocycles. The second-order valence-corrected chi connectivity index (χ2v) is 4.50. The minimum atomic E-state index is -2.24. The van der Waals surface area contributed by atoms with Crippen molar-refractivity contribution in [3.8, 4) is 12.3 Å². The molecule has 4 N–H and O–H groups in total. The highest BCUT2D eigenvalue weighted by Gasteiger charge is 2.57. The summed E-state index contributed by atoms with van der Waals surface area (Å²) in [4.78, 5) is 27.8. The van der Waals surface area contributed by atoms with Crippen LogP contribution in [0.25, 0.3) is 0 Å². The van der Waals surface area contributed by atoms with Gasteiger partial charge in [-0.15, -0.1) is 6.42 Å². The first-order valence-corrected chi connectivity index (χ1v) is 5.70. The SMILES string of the molecule is C#CC1(O)[C@@H](O)[C@@H]([C@H](C)O)O[C@H]1n1cnc(=O)[nH]c1=O. The molecule has 1 aliphatic heterocycles. The van der Waals surface area contributed by atoms with Gasteiger partial charge >= 0.3 is 11.4 Å². The Hall–Kier alpha value is -1.99. The summed E-state index contributed by atoms with van der Waals surface area (Å²) in [6, 6.07) is 0. The second kappa shape index (κ2) is 4.84. The number of H-pyrrole nitrogens is 1. The van der Waals surface area contributed by atoms with Gasteiger partial charge in [0.1, 0.15) is 18.5 Å². The van der Waals surface area contributed by atoms with Crippen LogP contribution in [0.4, 0.5) is 0 Å². The molecule has 20 heavy (non-hydrogen) atoms.